The van der Waals surface area contributed by atoms with Gasteiger partial charge in [0, 0.05) is 25.9 Å². The molecule has 3 heterocycles. The van der Waals surface area contributed by atoms with Crippen LogP contribution in [0.2, 0.25) is 0 Å². The quantitative estimate of drug-likeness (QED) is 0.172. The SMILES string of the molecule is [B-][P+](OCCC#N)(OC[C@H]1O[C@@H](n2cnc3c(N)ncnc32)C(OC(C)=O)[C@H]1OC(C)=O)N(C(C)C)C(C)C. The summed E-state index contributed by atoms with van der Waals surface area (Å²) in [5.41, 5.74) is 6.60. The number of carbonyl (C=O) groups excluding carboxylic acids is 2. The summed E-state index contributed by atoms with van der Waals surface area (Å²) in [5, 5.41) is 9.01. The molecule has 1 saturated heterocycles. The molecule has 16 heteroatoms. The zero-order valence-corrected chi connectivity index (χ0v) is 23.8. The van der Waals surface area contributed by atoms with Crippen molar-refractivity contribution in [1.29, 1.82) is 5.26 Å². The molecule has 211 valence electrons. The maximum atomic E-state index is 12.1. The number of nitrogen functional groups attached to an aromatic ring is 1. The molecule has 2 aromatic heterocycles. The molecule has 14 nitrogen and oxygen atoms in total. The van der Waals surface area contributed by atoms with Crippen molar-refractivity contribution < 1.29 is 32.8 Å². The zero-order valence-electron chi connectivity index (χ0n) is 22.9. The summed E-state index contributed by atoms with van der Waals surface area (Å²) in [6, 6.07) is 1.93. The average molecular weight is 562 g/mol. The number of rotatable bonds is 12. The molecule has 0 aromatic carbocycles. The topological polar surface area (TPSA) is 177 Å². The van der Waals surface area contributed by atoms with Gasteiger partial charge in [0.1, 0.15) is 31.2 Å². The van der Waals surface area contributed by atoms with Crippen LogP contribution in [0.1, 0.15) is 54.2 Å². The van der Waals surface area contributed by atoms with Crippen molar-refractivity contribution in [3.8, 4) is 6.07 Å². The van der Waals surface area contributed by atoms with Crippen molar-refractivity contribution in [2.24, 2.45) is 0 Å². The second kappa shape index (κ2) is 13.0. The highest BCUT2D eigenvalue weighted by molar-refractivity contribution is 7.87. The number of anilines is 1. The number of hydrogen-bond donors (Lipinski definition) is 1. The Labute approximate surface area is 229 Å². The molecule has 3 rings (SSSR count). The van der Waals surface area contributed by atoms with Crippen molar-refractivity contribution in [2.75, 3.05) is 18.9 Å². The van der Waals surface area contributed by atoms with Crippen LogP contribution in [0.5, 0.6) is 0 Å². The third-order valence-corrected chi connectivity index (χ3v) is 8.48. The molecule has 3 radical (unpaired) electrons. The Morgan fingerprint density at radius 2 is 1.79 bits per heavy atom. The molecule has 0 bridgehead atoms. The lowest BCUT2D eigenvalue weighted by atomic mass is 10.1. The van der Waals surface area contributed by atoms with E-state index in [1.807, 2.05) is 38.4 Å². The van der Waals surface area contributed by atoms with Gasteiger partial charge in [-0.2, -0.15) is 17.5 Å². The summed E-state index contributed by atoms with van der Waals surface area (Å²) in [6.07, 6.45) is -1.25. The lowest BCUT2D eigenvalue weighted by Gasteiger charge is -2.46. The highest BCUT2D eigenvalue weighted by Gasteiger charge is 2.52. The summed E-state index contributed by atoms with van der Waals surface area (Å²) in [7, 11) is 3.52. The number of nitrogens with two attached hydrogens (primary N) is 1. The molecule has 1 aliphatic rings. The molecule has 5 atom stereocenters. The lowest BCUT2D eigenvalue weighted by molar-refractivity contribution is -0.165. The van der Waals surface area contributed by atoms with Gasteiger partial charge in [0.15, 0.2) is 29.9 Å². The first-order chi connectivity index (χ1) is 18.4. The second-order valence-corrected chi connectivity index (χ2v) is 11.6. The Bertz CT molecular complexity index is 1200. The van der Waals surface area contributed by atoms with Crippen LogP contribution in [0, 0.1) is 11.3 Å². The Kier molecular flexibility index (Phi) is 10.2. The van der Waals surface area contributed by atoms with Gasteiger partial charge in [-0.15, -0.1) is 0 Å². The summed E-state index contributed by atoms with van der Waals surface area (Å²) in [4.78, 5) is 36.6. The third-order valence-electron chi connectivity index (χ3n) is 5.84. The Morgan fingerprint density at radius 3 is 2.38 bits per heavy atom. The molecule has 2 N–H and O–H groups in total. The van der Waals surface area contributed by atoms with E-state index in [4.69, 9.17) is 41.8 Å². The fourth-order valence-corrected chi connectivity index (χ4v) is 6.93. The lowest BCUT2D eigenvalue weighted by Crippen LogP contribution is -2.42. The summed E-state index contributed by atoms with van der Waals surface area (Å²) in [5.74, 6) is -1.07. The molecule has 2 unspecified atom stereocenters. The van der Waals surface area contributed by atoms with E-state index in [2.05, 4.69) is 15.0 Å². The largest absolute Gasteiger partial charge is 0.456 e. The van der Waals surface area contributed by atoms with Crippen LogP contribution >= 0.6 is 7.75 Å². The van der Waals surface area contributed by atoms with Crippen LogP contribution in [0.15, 0.2) is 12.7 Å². The predicted octanol–water partition coefficient (Wildman–Crippen LogP) is 2.08. The highest BCUT2D eigenvalue weighted by Crippen LogP contribution is 2.62. The highest BCUT2D eigenvalue weighted by atomic mass is 31.2. The molecule has 0 saturated carbocycles. The van der Waals surface area contributed by atoms with E-state index in [1.54, 1.807) is 0 Å². The average Bonchev–Trinajstić information content (AvgIpc) is 3.39. The third kappa shape index (κ3) is 7.01. The maximum absolute atomic E-state index is 12.1. The van der Waals surface area contributed by atoms with Crippen LogP contribution in [0.25, 0.3) is 11.2 Å². The van der Waals surface area contributed by atoms with Crippen molar-refractivity contribution in [2.45, 2.75) is 84.6 Å². The van der Waals surface area contributed by atoms with Crippen LogP contribution in [-0.4, -0.2) is 87.3 Å². The van der Waals surface area contributed by atoms with E-state index >= 15 is 0 Å². The number of hydrogen-bond acceptors (Lipinski definition) is 13. The van der Waals surface area contributed by atoms with Crippen LogP contribution in [0.4, 0.5) is 5.82 Å². The Balaban J connectivity index is 1.98. The van der Waals surface area contributed by atoms with E-state index in [0.717, 1.165) is 0 Å². The number of fused-ring (bicyclic) bond motifs is 1. The van der Waals surface area contributed by atoms with Crippen molar-refractivity contribution in [1.82, 2.24) is 24.2 Å². The number of nitriles is 1. The summed E-state index contributed by atoms with van der Waals surface area (Å²) in [6.45, 7) is 10.2. The van der Waals surface area contributed by atoms with E-state index in [9.17, 15) is 9.59 Å². The zero-order chi connectivity index (χ0) is 28.9. The minimum atomic E-state index is -3.21. The van der Waals surface area contributed by atoms with E-state index in [1.165, 1.54) is 31.1 Å². The molecular weight excluding hydrogens is 528 g/mol. The number of carbonyl (C=O) groups is 2. The van der Waals surface area contributed by atoms with Crippen molar-refractivity contribution in [3.05, 3.63) is 12.7 Å². The van der Waals surface area contributed by atoms with Gasteiger partial charge in [-0.1, -0.05) is 0 Å². The van der Waals surface area contributed by atoms with Crippen LogP contribution < -0.4 is 5.73 Å². The molecule has 0 spiro atoms. The van der Waals surface area contributed by atoms with Gasteiger partial charge in [-0.3, -0.25) is 14.2 Å². The van der Waals surface area contributed by atoms with Gasteiger partial charge in [-0.05, 0) is 27.7 Å². The molecule has 0 amide bonds. The Hall–Kier alpha value is -2.89. The predicted molar refractivity (Wildman–Crippen MR) is 142 cm³/mol. The number of imidazole rings is 1. The molecule has 39 heavy (non-hydrogen) atoms. The minimum Gasteiger partial charge on any atom is -0.456 e. The first-order valence-corrected chi connectivity index (χ1v) is 14.1. The van der Waals surface area contributed by atoms with E-state index in [0.29, 0.717) is 11.2 Å². The molecular formula is C23H34BN7O7P. The number of ether oxygens (including phenoxy) is 3. The number of aromatic nitrogens is 4. The normalized spacial score (nSPS) is 22.8. The molecule has 1 aliphatic heterocycles. The van der Waals surface area contributed by atoms with Gasteiger partial charge in [0.05, 0.1) is 26.6 Å². The van der Waals surface area contributed by atoms with Crippen LogP contribution in [0.3, 0.4) is 0 Å². The van der Waals surface area contributed by atoms with Crippen molar-refractivity contribution >= 4 is 44.2 Å². The first-order valence-electron chi connectivity index (χ1n) is 12.4. The second-order valence-electron chi connectivity index (χ2n) is 9.46. The van der Waals surface area contributed by atoms with Gasteiger partial charge in [0.2, 0.25) is 0 Å². The van der Waals surface area contributed by atoms with E-state index in [-0.39, 0.29) is 37.5 Å². The van der Waals surface area contributed by atoms with E-state index < -0.39 is 44.2 Å². The molecule has 2 aromatic rings. The fourth-order valence-electron chi connectivity index (χ4n) is 4.59. The van der Waals surface area contributed by atoms with Crippen molar-refractivity contribution in [3.63, 3.8) is 0 Å². The number of esters is 2. The monoisotopic (exact) mass is 562 g/mol. The maximum Gasteiger partial charge on any atom is 0.303 e. The van der Waals surface area contributed by atoms with Gasteiger partial charge in [0.25, 0.3) is 0 Å². The Morgan fingerprint density at radius 1 is 1.15 bits per heavy atom. The molecule has 0 aliphatic carbocycles. The minimum absolute atomic E-state index is 0.0526. The summed E-state index contributed by atoms with van der Waals surface area (Å²) < 4.78 is 33.1. The number of nitrogens with zero attached hydrogens (tertiary/aromatic N) is 6. The van der Waals surface area contributed by atoms with Crippen LogP contribution in [-0.2, 0) is 32.8 Å². The fraction of sp³-hybridized carbons (Fsp3) is 0.652. The van der Waals surface area contributed by atoms with Gasteiger partial charge < -0.3 is 19.9 Å². The smallest absolute Gasteiger partial charge is 0.303 e. The standard InChI is InChI=1S/C23H34BN7O7P/c1-13(2)31(14(3)4)39(24,34-9-7-8-25)35-10-17-19(36-15(5)32)20(37-16(6)33)23(38-17)30-12-29-18-21(26)27-11-28-22(18)30/h11-14,17,19-20,23H,7,9-10H2,1-6H3,(H2,26,27,28)/t17-,19+,20?,23-,39?/m1/s1. The summed E-state index contributed by atoms with van der Waals surface area (Å²) >= 11 is 0. The van der Waals surface area contributed by atoms with Gasteiger partial charge in [-0.25, -0.2) is 24.0 Å². The van der Waals surface area contributed by atoms with Gasteiger partial charge >= 0.3 is 11.9 Å². The first kappa shape index (κ1) is 30.7. The molecule has 1 fully saturated rings.